The van der Waals surface area contributed by atoms with Gasteiger partial charge in [-0.2, -0.15) is 0 Å². The Morgan fingerprint density at radius 1 is 1.41 bits per heavy atom. The van der Waals surface area contributed by atoms with Gasteiger partial charge in [-0.05, 0) is 31.4 Å². The molecule has 1 unspecified atom stereocenters. The summed E-state index contributed by atoms with van der Waals surface area (Å²) in [5.74, 6) is 0.471. The molecule has 0 fully saturated rings. The maximum atomic E-state index is 11.9. The number of hydrogen-bond acceptors (Lipinski definition) is 4. The average molecular weight is 276 g/mol. The van der Waals surface area contributed by atoms with E-state index in [9.17, 15) is 8.42 Å². The lowest BCUT2D eigenvalue weighted by Gasteiger charge is -2.14. The lowest BCUT2D eigenvalue weighted by molar-refractivity contribution is 0.486. The molecule has 0 amide bonds. The minimum Gasteiger partial charge on any atom is -0.327 e. The first-order valence-corrected chi connectivity index (χ1v) is 7.93. The Bertz CT molecular complexity index is 452. The van der Waals surface area contributed by atoms with Gasteiger partial charge in [-0.25, -0.2) is 13.1 Å². The summed E-state index contributed by atoms with van der Waals surface area (Å²) >= 11 is 1.27. The highest BCUT2D eigenvalue weighted by atomic mass is 32.2. The quantitative estimate of drug-likeness (QED) is 0.831. The van der Waals surface area contributed by atoms with E-state index in [1.54, 1.807) is 12.1 Å². The fourth-order valence-electron chi connectivity index (χ4n) is 1.53. The number of nitrogens with two attached hydrogens (primary N) is 1. The summed E-state index contributed by atoms with van der Waals surface area (Å²) in [6, 6.07) is 3.29. The monoisotopic (exact) mass is 276 g/mol. The van der Waals surface area contributed by atoms with Crippen molar-refractivity contribution in [1.29, 1.82) is 0 Å². The van der Waals surface area contributed by atoms with Crippen molar-refractivity contribution in [3.8, 4) is 0 Å². The van der Waals surface area contributed by atoms with Crippen molar-refractivity contribution in [1.82, 2.24) is 4.72 Å². The molecule has 0 saturated heterocycles. The highest BCUT2D eigenvalue weighted by Gasteiger charge is 2.17. The molecule has 6 heteroatoms. The van der Waals surface area contributed by atoms with Crippen molar-refractivity contribution < 1.29 is 8.42 Å². The van der Waals surface area contributed by atoms with Gasteiger partial charge in [0.15, 0.2) is 0 Å². The molecule has 4 nitrogen and oxygen atoms in total. The molecule has 1 aromatic rings. The summed E-state index contributed by atoms with van der Waals surface area (Å²) in [5.41, 5.74) is 5.84. The van der Waals surface area contributed by atoms with Gasteiger partial charge in [-0.15, -0.1) is 11.3 Å². The molecule has 0 radical (unpaired) electrons. The number of nitrogens with one attached hydrogen (secondary N) is 1. The van der Waals surface area contributed by atoms with Gasteiger partial charge >= 0.3 is 0 Å². The smallest absolute Gasteiger partial charge is 0.250 e. The van der Waals surface area contributed by atoms with Crippen molar-refractivity contribution in [3.63, 3.8) is 0 Å². The summed E-state index contributed by atoms with van der Waals surface area (Å²) in [6.45, 7) is 6.31. The minimum atomic E-state index is -3.38. The van der Waals surface area contributed by atoms with Crippen molar-refractivity contribution in [2.45, 2.75) is 37.4 Å². The van der Waals surface area contributed by atoms with Crippen molar-refractivity contribution >= 4 is 21.4 Å². The third-order valence-corrected chi connectivity index (χ3v) is 5.21. The van der Waals surface area contributed by atoms with Crippen molar-refractivity contribution in [2.24, 2.45) is 11.7 Å². The van der Waals surface area contributed by atoms with Crippen molar-refractivity contribution in [2.75, 3.05) is 6.54 Å². The molecular formula is C11H20N2O2S2. The summed E-state index contributed by atoms with van der Waals surface area (Å²) in [5, 5.41) is 0. The molecule has 1 rings (SSSR count). The van der Waals surface area contributed by atoms with E-state index < -0.39 is 10.0 Å². The molecule has 1 atom stereocenters. The number of aryl methyl sites for hydroxylation is 1. The molecule has 3 N–H and O–H groups in total. The first kappa shape index (κ1) is 14.6. The number of rotatable bonds is 6. The van der Waals surface area contributed by atoms with Crippen LogP contribution in [0, 0.1) is 12.8 Å². The molecule has 1 heterocycles. The summed E-state index contributed by atoms with van der Waals surface area (Å²) < 4.78 is 26.7. The van der Waals surface area contributed by atoms with Gasteiger partial charge in [0.25, 0.3) is 0 Å². The zero-order valence-electron chi connectivity index (χ0n) is 10.4. The van der Waals surface area contributed by atoms with Crippen LogP contribution in [0.2, 0.25) is 0 Å². The van der Waals surface area contributed by atoms with Crippen LogP contribution in [0.25, 0.3) is 0 Å². The first-order chi connectivity index (χ1) is 7.81. The van der Waals surface area contributed by atoms with E-state index in [0.29, 0.717) is 10.1 Å². The third kappa shape index (κ3) is 4.75. The fraction of sp³-hybridized carbons (Fsp3) is 0.636. The van der Waals surface area contributed by atoms with Crippen LogP contribution in [-0.2, 0) is 10.0 Å². The van der Waals surface area contributed by atoms with Gasteiger partial charge in [0.05, 0.1) is 0 Å². The Balaban J connectivity index is 2.56. The summed E-state index contributed by atoms with van der Waals surface area (Å²) in [7, 11) is -3.38. The van der Waals surface area contributed by atoms with E-state index in [1.807, 2.05) is 6.92 Å². The Kier molecular flexibility index (Phi) is 5.12. The molecular weight excluding hydrogens is 256 g/mol. The highest BCUT2D eigenvalue weighted by molar-refractivity contribution is 7.91. The van der Waals surface area contributed by atoms with Gasteiger partial charge in [0, 0.05) is 17.5 Å². The van der Waals surface area contributed by atoms with Crippen LogP contribution in [0.15, 0.2) is 16.3 Å². The van der Waals surface area contributed by atoms with Gasteiger partial charge in [0.2, 0.25) is 10.0 Å². The summed E-state index contributed by atoms with van der Waals surface area (Å²) in [6.07, 6.45) is 0.811. The van der Waals surface area contributed by atoms with Crippen LogP contribution in [-0.4, -0.2) is 21.0 Å². The van der Waals surface area contributed by atoms with Crippen LogP contribution < -0.4 is 10.5 Å². The molecule has 0 aliphatic carbocycles. The van der Waals surface area contributed by atoms with Gasteiger partial charge in [-0.3, -0.25) is 0 Å². The molecule has 98 valence electrons. The Hall–Kier alpha value is -0.430. The van der Waals surface area contributed by atoms with Crippen LogP contribution in [0.3, 0.4) is 0 Å². The Morgan fingerprint density at radius 3 is 2.53 bits per heavy atom. The second-order valence-electron chi connectivity index (χ2n) is 4.61. The third-order valence-electron chi connectivity index (χ3n) is 2.29. The molecule has 0 aromatic carbocycles. The van der Waals surface area contributed by atoms with Crippen LogP contribution in [0.5, 0.6) is 0 Å². The number of thiophene rings is 1. The summed E-state index contributed by atoms with van der Waals surface area (Å²) in [4.78, 5) is 0.983. The highest BCUT2D eigenvalue weighted by Crippen LogP contribution is 2.20. The lowest BCUT2D eigenvalue weighted by atomic mass is 10.1. The van der Waals surface area contributed by atoms with Gasteiger partial charge in [0.1, 0.15) is 4.21 Å². The van der Waals surface area contributed by atoms with Crippen LogP contribution >= 0.6 is 11.3 Å². The van der Waals surface area contributed by atoms with E-state index >= 15 is 0 Å². The lowest BCUT2D eigenvalue weighted by Crippen LogP contribution is -2.37. The predicted molar refractivity (Wildman–Crippen MR) is 71.7 cm³/mol. The zero-order valence-corrected chi connectivity index (χ0v) is 12.1. The normalized spacial score (nSPS) is 14.2. The minimum absolute atomic E-state index is 0.133. The predicted octanol–water partition coefficient (Wildman–Crippen LogP) is 1.71. The second kappa shape index (κ2) is 5.95. The first-order valence-electron chi connectivity index (χ1n) is 5.63. The molecule has 0 aliphatic rings. The van der Waals surface area contributed by atoms with Gasteiger partial charge in [-0.1, -0.05) is 13.8 Å². The second-order valence-corrected chi connectivity index (χ2v) is 7.89. The van der Waals surface area contributed by atoms with E-state index in [1.165, 1.54) is 11.3 Å². The molecule has 0 spiro atoms. The van der Waals surface area contributed by atoms with Crippen LogP contribution in [0.4, 0.5) is 0 Å². The topological polar surface area (TPSA) is 72.2 Å². The van der Waals surface area contributed by atoms with E-state index in [4.69, 9.17) is 5.73 Å². The number of sulfonamides is 1. The Morgan fingerprint density at radius 2 is 2.06 bits per heavy atom. The molecule has 17 heavy (non-hydrogen) atoms. The van der Waals surface area contributed by atoms with E-state index in [0.717, 1.165) is 11.3 Å². The van der Waals surface area contributed by atoms with Crippen LogP contribution in [0.1, 0.15) is 25.1 Å². The van der Waals surface area contributed by atoms with Crippen molar-refractivity contribution in [3.05, 3.63) is 17.0 Å². The molecule has 0 aliphatic heterocycles. The molecule has 1 aromatic heterocycles. The standard InChI is InChI=1S/C11H20N2O2S2/c1-8(2)6-10(12)7-13-17(14,15)11-5-4-9(3)16-11/h4-5,8,10,13H,6-7,12H2,1-3H3. The van der Waals surface area contributed by atoms with E-state index in [-0.39, 0.29) is 12.6 Å². The zero-order chi connectivity index (χ0) is 13.1. The van der Waals surface area contributed by atoms with Gasteiger partial charge < -0.3 is 5.73 Å². The van der Waals surface area contributed by atoms with E-state index in [2.05, 4.69) is 18.6 Å². The molecule has 0 saturated carbocycles. The maximum Gasteiger partial charge on any atom is 0.250 e. The largest absolute Gasteiger partial charge is 0.327 e. The average Bonchev–Trinajstić information content (AvgIpc) is 2.62. The fourth-order valence-corrected chi connectivity index (χ4v) is 3.96. The Labute approximate surface area is 107 Å². The molecule has 0 bridgehead atoms. The SMILES string of the molecule is Cc1ccc(S(=O)(=O)NCC(N)CC(C)C)s1. The number of hydrogen-bond donors (Lipinski definition) is 2. The maximum absolute atomic E-state index is 11.9.